The average Bonchev–Trinajstić information content (AvgIpc) is 3.08. The number of benzene rings is 2. The van der Waals surface area contributed by atoms with Crippen LogP contribution in [0.15, 0.2) is 60.7 Å². The minimum absolute atomic E-state index is 0.0756. The van der Waals surface area contributed by atoms with Gasteiger partial charge in [-0.25, -0.2) is 4.98 Å². The first kappa shape index (κ1) is 18.3. The van der Waals surface area contributed by atoms with Crippen LogP contribution in [0.25, 0.3) is 10.4 Å². The Morgan fingerprint density at radius 1 is 1.12 bits per heavy atom. The van der Waals surface area contributed by atoms with Crippen LogP contribution < -0.4 is 11.1 Å². The SMILES string of the molecule is Cc1nc(C(=O)N[C@H](CN)CCc2ccccc2)c(-c2ccccc2)s1. The minimum atomic E-state index is -0.156. The van der Waals surface area contributed by atoms with Gasteiger partial charge in [0.25, 0.3) is 5.91 Å². The molecule has 0 unspecified atom stereocenters. The van der Waals surface area contributed by atoms with Crippen molar-refractivity contribution in [1.29, 1.82) is 0 Å². The average molecular weight is 366 g/mol. The summed E-state index contributed by atoms with van der Waals surface area (Å²) in [5.74, 6) is -0.156. The van der Waals surface area contributed by atoms with Crippen LogP contribution in [0.1, 0.15) is 27.5 Å². The maximum Gasteiger partial charge on any atom is 0.271 e. The third-order valence-electron chi connectivity index (χ3n) is 4.23. The number of nitrogens with zero attached hydrogens (tertiary/aromatic N) is 1. The van der Waals surface area contributed by atoms with Gasteiger partial charge in [-0.3, -0.25) is 4.79 Å². The van der Waals surface area contributed by atoms with E-state index in [-0.39, 0.29) is 11.9 Å². The third-order valence-corrected chi connectivity index (χ3v) is 5.25. The van der Waals surface area contributed by atoms with Crippen LogP contribution in [-0.4, -0.2) is 23.5 Å². The molecule has 0 saturated heterocycles. The lowest BCUT2D eigenvalue weighted by atomic mass is 10.0. The van der Waals surface area contributed by atoms with E-state index in [1.165, 1.54) is 16.9 Å². The van der Waals surface area contributed by atoms with Crippen LogP contribution in [0.5, 0.6) is 0 Å². The van der Waals surface area contributed by atoms with Gasteiger partial charge < -0.3 is 11.1 Å². The van der Waals surface area contributed by atoms with Gasteiger partial charge in [-0.1, -0.05) is 60.7 Å². The summed E-state index contributed by atoms with van der Waals surface area (Å²) in [7, 11) is 0. The van der Waals surface area contributed by atoms with Gasteiger partial charge in [-0.2, -0.15) is 0 Å². The number of thiazole rings is 1. The number of carbonyl (C=O) groups is 1. The third kappa shape index (κ3) is 4.56. The molecule has 0 saturated carbocycles. The van der Waals surface area contributed by atoms with Gasteiger partial charge >= 0.3 is 0 Å². The standard InChI is InChI=1S/C21H23N3OS/c1-15-23-19(20(26-15)17-10-6-3-7-11-17)21(25)24-18(14-22)13-12-16-8-4-2-5-9-16/h2-11,18H,12-14,22H2,1H3,(H,24,25)/t18-/m0/s1. The van der Waals surface area contributed by atoms with Gasteiger partial charge in [-0.15, -0.1) is 11.3 Å². The van der Waals surface area contributed by atoms with Crippen LogP contribution in [0, 0.1) is 6.92 Å². The summed E-state index contributed by atoms with van der Waals surface area (Å²) in [5.41, 5.74) is 8.62. The molecular weight excluding hydrogens is 342 g/mol. The lowest BCUT2D eigenvalue weighted by Gasteiger charge is -2.16. The van der Waals surface area contributed by atoms with Crippen LogP contribution in [0.4, 0.5) is 0 Å². The van der Waals surface area contributed by atoms with Gasteiger partial charge in [-0.05, 0) is 30.9 Å². The zero-order valence-corrected chi connectivity index (χ0v) is 15.6. The van der Waals surface area contributed by atoms with Crippen molar-refractivity contribution in [2.75, 3.05) is 6.54 Å². The number of rotatable bonds is 7. The number of hydrogen-bond donors (Lipinski definition) is 2. The zero-order chi connectivity index (χ0) is 18.4. The largest absolute Gasteiger partial charge is 0.347 e. The lowest BCUT2D eigenvalue weighted by Crippen LogP contribution is -2.40. The molecule has 3 aromatic rings. The minimum Gasteiger partial charge on any atom is -0.347 e. The molecule has 0 fully saturated rings. The molecule has 0 aliphatic rings. The van der Waals surface area contributed by atoms with Crippen molar-refractivity contribution in [2.45, 2.75) is 25.8 Å². The molecule has 0 aliphatic carbocycles. The van der Waals surface area contributed by atoms with Crippen LogP contribution in [0.3, 0.4) is 0 Å². The molecule has 1 heterocycles. The molecule has 4 nitrogen and oxygen atoms in total. The Bertz CT molecular complexity index is 846. The number of nitrogens with two attached hydrogens (primary N) is 1. The van der Waals surface area contributed by atoms with Crippen molar-refractivity contribution in [3.8, 4) is 10.4 Å². The second kappa shape index (κ2) is 8.74. The summed E-state index contributed by atoms with van der Waals surface area (Å²) in [4.78, 5) is 18.2. The first-order chi connectivity index (χ1) is 12.7. The zero-order valence-electron chi connectivity index (χ0n) is 14.8. The lowest BCUT2D eigenvalue weighted by molar-refractivity contribution is 0.0932. The Kier molecular flexibility index (Phi) is 6.15. The molecular formula is C21H23N3OS. The molecule has 0 radical (unpaired) electrons. The second-order valence-corrected chi connectivity index (χ2v) is 7.41. The molecule has 1 atom stereocenters. The maximum atomic E-state index is 12.8. The molecule has 0 bridgehead atoms. The van der Waals surface area contributed by atoms with E-state index >= 15 is 0 Å². The molecule has 3 rings (SSSR count). The first-order valence-corrected chi connectivity index (χ1v) is 9.56. The highest BCUT2D eigenvalue weighted by atomic mass is 32.1. The van der Waals surface area contributed by atoms with E-state index in [2.05, 4.69) is 22.4 Å². The topological polar surface area (TPSA) is 68.0 Å². The summed E-state index contributed by atoms with van der Waals surface area (Å²) < 4.78 is 0. The van der Waals surface area contributed by atoms with Crippen molar-refractivity contribution >= 4 is 17.2 Å². The highest BCUT2D eigenvalue weighted by Crippen LogP contribution is 2.30. The summed E-state index contributed by atoms with van der Waals surface area (Å²) >= 11 is 1.54. The van der Waals surface area contributed by atoms with Crippen molar-refractivity contribution in [2.24, 2.45) is 5.73 Å². The van der Waals surface area contributed by atoms with Crippen LogP contribution in [0.2, 0.25) is 0 Å². The van der Waals surface area contributed by atoms with E-state index in [4.69, 9.17) is 5.73 Å². The van der Waals surface area contributed by atoms with E-state index in [1.807, 2.05) is 55.5 Å². The predicted octanol–water partition coefficient (Wildman–Crippen LogP) is 3.81. The maximum absolute atomic E-state index is 12.8. The van der Waals surface area contributed by atoms with Gasteiger partial charge in [0.2, 0.25) is 0 Å². The Labute approximate surface area is 158 Å². The van der Waals surface area contributed by atoms with E-state index in [9.17, 15) is 4.79 Å². The number of amides is 1. The molecule has 0 aliphatic heterocycles. The first-order valence-electron chi connectivity index (χ1n) is 8.75. The fourth-order valence-corrected chi connectivity index (χ4v) is 3.78. The van der Waals surface area contributed by atoms with Crippen LogP contribution in [-0.2, 0) is 6.42 Å². The van der Waals surface area contributed by atoms with E-state index in [1.54, 1.807) is 0 Å². The molecule has 1 amide bonds. The fraction of sp³-hybridized carbons (Fsp3) is 0.238. The number of hydrogen-bond acceptors (Lipinski definition) is 4. The molecule has 5 heteroatoms. The van der Waals surface area contributed by atoms with E-state index in [0.29, 0.717) is 12.2 Å². The summed E-state index contributed by atoms with van der Waals surface area (Å²) in [6.45, 7) is 2.33. The van der Waals surface area contributed by atoms with Gasteiger partial charge in [0.15, 0.2) is 0 Å². The van der Waals surface area contributed by atoms with Crippen LogP contribution >= 0.6 is 11.3 Å². The summed E-state index contributed by atoms with van der Waals surface area (Å²) in [5, 5.41) is 3.93. The smallest absolute Gasteiger partial charge is 0.271 e. The highest BCUT2D eigenvalue weighted by Gasteiger charge is 2.20. The van der Waals surface area contributed by atoms with Crippen molar-refractivity contribution in [3.05, 3.63) is 76.9 Å². The Hall–Kier alpha value is -2.50. The Morgan fingerprint density at radius 3 is 2.42 bits per heavy atom. The fourth-order valence-electron chi connectivity index (χ4n) is 2.85. The normalized spacial score (nSPS) is 11.9. The summed E-state index contributed by atoms with van der Waals surface area (Å²) in [6, 6.07) is 20.0. The number of nitrogens with one attached hydrogen (secondary N) is 1. The van der Waals surface area contributed by atoms with E-state index < -0.39 is 0 Å². The Balaban J connectivity index is 1.71. The van der Waals surface area contributed by atoms with Gasteiger partial charge in [0.1, 0.15) is 5.69 Å². The monoisotopic (exact) mass is 365 g/mol. The Morgan fingerprint density at radius 2 is 1.77 bits per heavy atom. The highest BCUT2D eigenvalue weighted by molar-refractivity contribution is 7.15. The quantitative estimate of drug-likeness (QED) is 0.669. The van der Waals surface area contributed by atoms with Gasteiger partial charge in [0.05, 0.1) is 9.88 Å². The van der Waals surface area contributed by atoms with Crippen molar-refractivity contribution in [1.82, 2.24) is 10.3 Å². The molecule has 2 aromatic carbocycles. The number of aromatic nitrogens is 1. The van der Waals surface area contributed by atoms with Gasteiger partial charge in [0, 0.05) is 12.6 Å². The molecule has 134 valence electrons. The summed E-state index contributed by atoms with van der Waals surface area (Å²) in [6.07, 6.45) is 1.68. The predicted molar refractivity (Wildman–Crippen MR) is 107 cm³/mol. The van der Waals surface area contributed by atoms with Crippen molar-refractivity contribution < 1.29 is 4.79 Å². The molecule has 26 heavy (non-hydrogen) atoms. The number of carbonyl (C=O) groups excluding carboxylic acids is 1. The van der Waals surface area contributed by atoms with Crippen molar-refractivity contribution in [3.63, 3.8) is 0 Å². The molecule has 3 N–H and O–H groups in total. The second-order valence-electron chi connectivity index (χ2n) is 6.21. The molecule has 1 aromatic heterocycles. The molecule has 0 spiro atoms. The number of aryl methyl sites for hydroxylation is 2. The van der Waals surface area contributed by atoms with E-state index in [0.717, 1.165) is 28.3 Å².